The van der Waals surface area contributed by atoms with Crippen molar-refractivity contribution in [3.05, 3.63) is 59.9 Å². The van der Waals surface area contributed by atoms with Gasteiger partial charge in [-0.1, -0.05) is 30.3 Å². The van der Waals surface area contributed by atoms with Gasteiger partial charge in [-0.05, 0) is 43.7 Å². The molecule has 0 unspecified atom stereocenters. The van der Waals surface area contributed by atoms with Gasteiger partial charge in [0.15, 0.2) is 0 Å². The zero-order valence-corrected chi connectivity index (χ0v) is 11.1. The van der Waals surface area contributed by atoms with E-state index < -0.39 is 0 Å². The highest BCUT2D eigenvalue weighted by Gasteiger charge is 2.15. The molecule has 0 heterocycles. The second-order valence-electron chi connectivity index (χ2n) is 4.37. The van der Waals surface area contributed by atoms with Crippen LogP contribution in [0.5, 0.6) is 0 Å². The minimum absolute atomic E-state index is 0.198. The van der Waals surface area contributed by atoms with E-state index in [0.29, 0.717) is 25.2 Å². The maximum Gasteiger partial charge on any atom is 0.147 e. The van der Waals surface area contributed by atoms with E-state index in [4.69, 9.17) is 5.73 Å². The summed E-state index contributed by atoms with van der Waals surface area (Å²) in [4.78, 5) is 1.99. The van der Waals surface area contributed by atoms with Gasteiger partial charge in [0.2, 0.25) is 0 Å². The molecule has 0 aliphatic rings. The molecule has 2 N–H and O–H groups in total. The predicted molar refractivity (Wildman–Crippen MR) is 78.3 cm³/mol. The lowest BCUT2D eigenvalue weighted by molar-refractivity contribution is 0.623. The molecule has 2 nitrogen and oxygen atoms in total. The first-order valence-corrected chi connectivity index (χ1v) is 6.58. The second kappa shape index (κ2) is 6.34. The molecular weight excluding hydrogens is 239 g/mol. The summed E-state index contributed by atoms with van der Waals surface area (Å²) in [6.45, 7) is 3.25. The lowest BCUT2D eigenvalue weighted by Gasteiger charge is -2.26. The van der Waals surface area contributed by atoms with Crippen molar-refractivity contribution in [2.45, 2.75) is 13.3 Å². The Kier molecular flexibility index (Phi) is 4.53. The van der Waals surface area contributed by atoms with Gasteiger partial charge >= 0.3 is 0 Å². The minimum atomic E-state index is -0.198. The summed E-state index contributed by atoms with van der Waals surface area (Å²) in [6.07, 6.45) is 0.677. The zero-order chi connectivity index (χ0) is 13.7. The van der Waals surface area contributed by atoms with E-state index in [1.165, 1.54) is 6.07 Å². The Bertz CT molecular complexity index is 526. The normalized spacial score (nSPS) is 10.5. The Hall–Kier alpha value is -1.87. The molecule has 0 aliphatic carbocycles. The van der Waals surface area contributed by atoms with Gasteiger partial charge in [-0.15, -0.1) is 0 Å². The van der Waals surface area contributed by atoms with Crippen LogP contribution in [0.4, 0.5) is 15.8 Å². The van der Waals surface area contributed by atoms with Crippen LogP contribution in [0.2, 0.25) is 0 Å². The largest absolute Gasteiger partial charge is 0.339 e. The van der Waals surface area contributed by atoms with Crippen molar-refractivity contribution < 1.29 is 4.39 Å². The number of anilines is 2. The summed E-state index contributed by atoms with van der Waals surface area (Å²) < 4.78 is 14.2. The molecule has 19 heavy (non-hydrogen) atoms. The number of rotatable bonds is 5. The van der Waals surface area contributed by atoms with Crippen LogP contribution >= 0.6 is 0 Å². The molecule has 2 aromatic rings. The second-order valence-corrected chi connectivity index (χ2v) is 4.37. The van der Waals surface area contributed by atoms with Crippen molar-refractivity contribution in [3.8, 4) is 0 Å². The van der Waals surface area contributed by atoms with Gasteiger partial charge in [0.05, 0.1) is 5.69 Å². The van der Waals surface area contributed by atoms with Crippen LogP contribution in [0.1, 0.15) is 12.5 Å². The molecule has 0 amide bonds. The maximum absolute atomic E-state index is 14.2. The average Bonchev–Trinajstić information content (AvgIpc) is 2.44. The third kappa shape index (κ3) is 2.93. The fraction of sp³-hybridized carbons (Fsp3) is 0.250. The number of nitrogens with zero attached hydrogens (tertiary/aromatic N) is 1. The predicted octanol–water partition coefficient (Wildman–Crippen LogP) is 3.48. The molecule has 0 aromatic heterocycles. The number of halogens is 1. The van der Waals surface area contributed by atoms with Gasteiger partial charge in [-0.25, -0.2) is 4.39 Å². The summed E-state index contributed by atoms with van der Waals surface area (Å²) in [5, 5.41) is 0. The standard InChI is InChI=1S/C16H19FN2/c1-2-19(14-8-4-3-5-9-14)16-13(11-12-18)7-6-10-15(16)17/h3-10H,2,11-12,18H2,1H3. The van der Waals surface area contributed by atoms with Crippen molar-refractivity contribution in [2.75, 3.05) is 18.0 Å². The molecule has 0 aliphatic heterocycles. The monoisotopic (exact) mass is 258 g/mol. The van der Waals surface area contributed by atoms with Crippen molar-refractivity contribution in [1.29, 1.82) is 0 Å². The van der Waals surface area contributed by atoms with E-state index in [9.17, 15) is 4.39 Å². The molecule has 0 fully saturated rings. The van der Waals surface area contributed by atoms with Crippen LogP contribution in [0.3, 0.4) is 0 Å². The van der Waals surface area contributed by atoms with Gasteiger partial charge in [0.25, 0.3) is 0 Å². The highest BCUT2D eigenvalue weighted by Crippen LogP contribution is 2.31. The first kappa shape index (κ1) is 13.6. The first-order valence-electron chi connectivity index (χ1n) is 6.58. The molecule has 0 radical (unpaired) electrons. The number of nitrogens with two attached hydrogens (primary N) is 1. The highest BCUT2D eigenvalue weighted by atomic mass is 19.1. The van der Waals surface area contributed by atoms with Crippen molar-refractivity contribution in [3.63, 3.8) is 0 Å². The third-order valence-electron chi connectivity index (χ3n) is 3.14. The fourth-order valence-corrected chi connectivity index (χ4v) is 2.30. The molecule has 2 aromatic carbocycles. The first-order chi connectivity index (χ1) is 9.27. The van der Waals surface area contributed by atoms with E-state index in [0.717, 1.165) is 11.3 Å². The van der Waals surface area contributed by atoms with Crippen LogP contribution < -0.4 is 10.6 Å². The van der Waals surface area contributed by atoms with Gasteiger partial charge < -0.3 is 10.6 Å². The lowest BCUT2D eigenvalue weighted by Crippen LogP contribution is -2.20. The van der Waals surface area contributed by atoms with E-state index in [1.807, 2.05) is 48.2 Å². The van der Waals surface area contributed by atoms with E-state index >= 15 is 0 Å². The van der Waals surface area contributed by atoms with Crippen LogP contribution in [-0.4, -0.2) is 13.1 Å². The van der Waals surface area contributed by atoms with Crippen LogP contribution in [0, 0.1) is 5.82 Å². The quantitative estimate of drug-likeness (QED) is 0.889. The van der Waals surface area contributed by atoms with Crippen LogP contribution in [0.15, 0.2) is 48.5 Å². The molecule has 0 saturated heterocycles. The number of para-hydroxylation sites is 2. The van der Waals surface area contributed by atoms with Gasteiger partial charge in [0.1, 0.15) is 5.82 Å². The Morgan fingerprint density at radius 2 is 1.79 bits per heavy atom. The summed E-state index contributed by atoms with van der Waals surface area (Å²) in [7, 11) is 0. The Morgan fingerprint density at radius 1 is 1.05 bits per heavy atom. The number of hydrogen-bond donors (Lipinski definition) is 1. The molecule has 0 atom stereocenters. The summed E-state index contributed by atoms with van der Waals surface area (Å²) in [5.41, 5.74) is 8.21. The molecule has 2 rings (SSSR count). The lowest BCUT2D eigenvalue weighted by atomic mass is 10.1. The van der Waals surface area contributed by atoms with Crippen LogP contribution in [0.25, 0.3) is 0 Å². The minimum Gasteiger partial charge on any atom is -0.339 e. The topological polar surface area (TPSA) is 29.3 Å². The van der Waals surface area contributed by atoms with Gasteiger partial charge in [-0.2, -0.15) is 0 Å². The molecular formula is C16H19FN2. The molecule has 100 valence electrons. The molecule has 3 heteroatoms. The fourth-order valence-electron chi connectivity index (χ4n) is 2.30. The summed E-state index contributed by atoms with van der Waals surface area (Å²) >= 11 is 0. The number of hydrogen-bond acceptors (Lipinski definition) is 2. The maximum atomic E-state index is 14.2. The van der Waals surface area contributed by atoms with Crippen LogP contribution in [-0.2, 0) is 6.42 Å². The Balaban J connectivity index is 2.49. The number of benzene rings is 2. The third-order valence-corrected chi connectivity index (χ3v) is 3.14. The Morgan fingerprint density at radius 3 is 2.42 bits per heavy atom. The van der Waals surface area contributed by atoms with E-state index in [2.05, 4.69) is 0 Å². The van der Waals surface area contributed by atoms with Gasteiger partial charge in [-0.3, -0.25) is 0 Å². The highest BCUT2D eigenvalue weighted by molar-refractivity contribution is 5.67. The molecule has 0 saturated carbocycles. The Labute approximate surface area is 113 Å². The van der Waals surface area contributed by atoms with Crippen molar-refractivity contribution in [2.24, 2.45) is 5.73 Å². The van der Waals surface area contributed by atoms with Crippen molar-refractivity contribution >= 4 is 11.4 Å². The van der Waals surface area contributed by atoms with E-state index in [-0.39, 0.29) is 5.82 Å². The molecule has 0 spiro atoms. The smallest absolute Gasteiger partial charge is 0.147 e. The summed E-state index contributed by atoms with van der Waals surface area (Å²) in [5.74, 6) is -0.198. The average molecular weight is 258 g/mol. The van der Waals surface area contributed by atoms with E-state index in [1.54, 1.807) is 6.07 Å². The summed E-state index contributed by atoms with van der Waals surface area (Å²) in [6, 6.07) is 15.0. The molecule has 0 bridgehead atoms. The zero-order valence-electron chi connectivity index (χ0n) is 11.1. The van der Waals surface area contributed by atoms with Gasteiger partial charge in [0, 0.05) is 12.2 Å². The SMILES string of the molecule is CCN(c1ccccc1)c1c(F)cccc1CCN. The van der Waals surface area contributed by atoms with Crippen molar-refractivity contribution in [1.82, 2.24) is 0 Å².